The van der Waals surface area contributed by atoms with E-state index in [-0.39, 0.29) is 0 Å². The second kappa shape index (κ2) is 6.11. The number of hydrogen-bond donors (Lipinski definition) is 2. The van der Waals surface area contributed by atoms with E-state index in [1.807, 2.05) is 30.1 Å². The summed E-state index contributed by atoms with van der Waals surface area (Å²) in [5.74, 6) is 1.75. The molecule has 1 aliphatic heterocycles. The summed E-state index contributed by atoms with van der Waals surface area (Å²) in [6.07, 6.45) is 7.15. The molecule has 16 heavy (non-hydrogen) atoms. The SMILES string of the molecule is Nc1ccc(SCCC2CCCCN2)cn1. The predicted octanol–water partition coefficient (Wildman–Crippen LogP) is 2.29. The quantitative estimate of drug-likeness (QED) is 0.789. The summed E-state index contributed by atoms with van der Waals surface area (Å²) in [5.41, 5.74) is 5.54. The second-order valence-electron chi connectivity index (χ2n) is 4.20. The fraction of sp³-hybridized carbons (Fsp3) is 0.583. The Kier molecular flexibility index (Phi) is 4.48. The Balaban J connectivity index is 1.69. The third-order valence-electron chi connectivity index (χ3n) is 2.91. The lowest BCUT2D eigenvalue weighted by Crippen LogP contribution is -2.34. The molecule has 0 saturated carbocycles. The molecule has 1 unspecified atom stereocenters. The molecular weight excluding hydrogens is 218 g/mol. The van der Waals surface area contributed by atoms with Crippen LogP contribution in [0.15, 0.2) is 23.2 Å². The van der Waals surface area contributed by atoms with Gasteiger partial charge in [-0.2, -0.15) is 0 Å². The lowest BCUT2D eigenvalue weighted by molar-refractivity contribution is 0.395. The van der Waals surface area contributed by atoms with Gasteiger partial charge in [-0.1, -0.05) is 6.42 Å². The Morgan fingerprint density at radius 1 is 1.44 bits per heavy atom. The van der Waals surface area contributed by atoms with E-state index < -0.39 is 0 Å². The van der Waals surface area contributed by atoms with E-state index >= 15 is 0 Å². The molecule has 2 heterocycles. The summed E-state index contributed by atoms with van der Waals surface area (Å²) in [5, 5.41) is 3.57. The third-order valence-corrected chi connectivity index (χ3v) is 3.92. The van der Waals surface area contributed by atoms with Crippen molar-refractivity contribution in [3.63, 3.8) is 0 Å². The van der Waals surface area contributed by atoms with Gasteiger partial charge in [0.1, 0.15) is 5.82 Å². The zero-order valence-electron chi connectivity index (χ0n) is 9.48. The van der Waals surface area contributed by atoms with Gasteiger partial charge in [-0.25, -0.2) is 4.98 Å². The van der Waals surface area contributed by atoms with Crippen LogP contribution in [0.4, 0.5) is 5.82 Å². The molecule has 1 saturated heterocycles. The van der Waals surface area contributed by atoms with Crippen LogP contribution in [0.5, 0.6) is 0 Å². The maximum atomic E-state index is 5.54. The average molecular weight is 237 g/mol. The maximum Gasteiger partial charge on any atom is 0.123 e. The van der Waals surface area contributed by atoms with Crippen molar-refractivity contribution in [3.05, 3.63) is 18.3 Å². The Labute approximate surface area is 101 Å². The van der Waals surface area contributed by atoms with Gasteiger partial charge in [-0.05, 0) is 43.7 Å². The van der Waals surface area contributed by atoms with Crippen molar-refractivity contribution >= 4 is 17.6 Å². The highest BCUT2D eigenvalue weighted by atomic mass is 32.2. The molecule has 1 atom stereocenters. The molecule has 1 aromatic heterocycles. The van der Waals surface area contributed by atoms with Crippen LogP contribution >= 0.6 is 11.8 Å². The predicted molar refractivity (Wildman–Crippen MR) is 69.6 cm³/mol. The minimum absolute atomic E-state index is 0.596. The van der Waals surface area contributed by atoms with Gasteiger partial charge in [0.15, 0.2) is 0 Å². The standard InChI is InChI=1S/C12H19N3S/c13-12-5-4-11(9-15-12)16-8-6-10-3-1-2-7-14-10/h4-5,9-10,14H,1-3,6-8H2,(H2,13,15). The lowest BCUT2D eigenvalue weighted by atomic mass is 10.0. The van der Waals surface area contributed by atoms with Gasteiger partial charge in [-0.3, -0.25) is 0 Å². The van der Waals surface area contributed by atoms with Crippen LogP contribution in [0, 0.1) is 0 Å². The van der Waals surface area contributed by atoms with Gasteiger partial charge in [0, 0.05) is 17.1 Å². The molecule has 1 aromatic rings. The number of pyridine rings is 1. The fourth-order valence-corrected chi connectivity index (χ4v) is 2.90. The summed E-state index contributed by atoms with van der Waals surface area (Å²) < 4.78 is 0. The van der Waals surface area contributed by atoms with Crippen LogP contribution in [-0.4, -0.2) is 23.3 Å². The van der Waals surface area contributed by atoms with Gasteiger partial charge in [-0.15, -0.1) is 11.8 Å². The topological polar surface area (TPSA) is 50.9 Å². The number of nitrogens with two attached hydrogens (primary N) is 1. The number of aromatic nitrogens is 1. The summed E-state index contributed by atoms with van der Waals surface area (Å²) in [6, 6.07) is 4.63. The van der Waals surface area contributed by atoms with Crippen LogP contribution in [0.1, 0.15) is 25.7 Å². The van der Waals surface area contributed by atoms with Crippen molar-refractivity contribution in [2.24, 2.45) is 0 Å². The Morgan fingerprint density at radius 3 is 3.06 bits per heavy atom. The maximum absolute atomic E-state index is 5.54. The van der Waals surface area contributed by atoms with E-state index in [2.05, 4.69) is 10.3 Å². The number of anilines is 1. The van der Waals surface area contributed by atoms with Gasteiger partial charge in [0.05, 0.1) is 0 Å². The number of nitrogens with one attached hydrogen (secondary N) is 1. The molecule has 4 heteroatoms. The number of piperidine rings is 1. The molecule has 0 bridgehead atoms. The average Bonchev–Trinajstić information content (AvgIpc) is 2.33. The number of nitrogen functional groups attached to an aromatic ring is 1. The summed E-state index contributed by atoms with van der Waals surface area (Å²) in [4.78, 5) is 5.30. The van der Waals surface area contributed by atoms with Crippen molar-refractivity contribution < 1.29 is 0 Å². The van der Waals surface area contributed by atoms with Crippen LogP contribution in [0.2, 0.25) is 0 Å². The number of rotatable bonds is 4. The molecule has 2 rings (SSSR count). The Bertz CT molecular complexity index is 307. The van der Waals surface area contributed by atoms with Crippen LogP contribution in [0.3, 0.4) is 0 Å². The van der Waals surface area contributed by atoms with E-state index in [0.717, 1.165) is 11.8 Å². The van der Waals surface area contributed by atoms with Crippen LogP contribution in [0.25, 0.3) is 0 Å². The van der Waals surface area contributed by atoms with Crippen LogP contribution < -0.4 is 11.1 Å². The van der Waals surface area contributed by atoms with Gasteiger partial charge in [0.25, 0.3) is 0 Å². The first kappa shape index (κ1) is 11.7. The Morgan fingerprint density at radius 2 is 2.38 bits per heavy atom. The zero-order valence-corrected chi connectivity index (χ0v) is 10.3. The number of nitrogens with zero attached hydrogens (tertiary/aromatic N) is 1. The summed E-state index contributed by atoms with van der Waals surface area (Å²) in [7, 11) is 0. The van der Waals surface area contributed by atoms with Gasteiger partial charge < -0.3 is 11.1 Å². The van der Waals surface area contributed by atoms with Gasteiger partial charge >= 0.3 is 0 Å². The number of thioether (sulfide) groups is 1. The summed E-state index contributed by atoms with van der Waals surface area (Å²) >= 11 is 1.86. The molecule has 3 nitrogen and oxygen atoms in total. The molecule has 0 radical (unpaired) electrons. The highest BCUT2D eigenvalue weighted by molar-refractivity contribution is 7.99. The van der Waals surface area contributed by atoms with E-state index in [1.165, 1.54) is 37.1 Å². The number of hydrogen-bond acceptors (Lipinski definition) is 4. The molecule has 0 aliphatic carbocycles. The molecule has 0 aromatic carbocycles. The molecule has 0 amide bonds. The van der Waals surface area contributed by atoms with Crippen molar-refractivity contribution in [1.82, 2.24) is 10.3 Å². The van der Waals surface area contributed by atoms with E-state index in [1.54, 1.807) is 0 Å². The van der Waals surface area contributed by atoms with Crippen molar-refractivity contribution in [3.8, 4) is 0 Å². The normalized spacial score (nSPS) is 20.9. The van der Waals surface area contributed by atoms with E-state index in [9.17, 15) is 0 Å². The van der Waals surface area contributed by atoms with Crippen molar-refractivity contribution in [2.45, 2.75) is 36.6 Å². The lowest BCUT2D eigenvalue weighted by Gasteiger charge is -2.23. The van der Waals surface area contributed by atoms with E-state index in [0.29, 0.717) is 5.82 Å². The molecule has 3 N–H and O–H groups in total. The highest BCUT2D eigenvalue weighted by Crippen LogP contribution is 2.20. The van der Waals surface area contributed by atoms with Crippen molar-refractivity contribution in [2.75, 3.05) is 18.0 Å². The smallest absolute Gasteiger partial charge is 0.123 e. The first-order valence-corrected chi connectivity index (χ1v) is 6.91. The molecular formula is C12H19N3S. The molecule has 88 valence electrons. The fourth-order valence-electron chi connectivity index (χ4n) is 1.97. The molecule has 1 aliphatic rings. The van der Waals surface area contributed by atoms with Crippen molar-refractivity contribution in [1.29, 1.82) is 0 Å². The Hall–Kier alpha value is -0.740. The first-order chi connectivity index (χ1) is 7.84. The minimum Gasteiger partial charge on any atom is -0.384 e. The minimum atomic E-state index is 0.596. The molecule has 1 fully saturated rings. The molecule has 0 spiro atoms. The largest absolute Gasteiger partial charge is 0.384 e. The summed E-state index contributed by atoms with van der Waals surface area (Å²) in [6.45, 7) is 1.19. The third kappa shape index (κ3) is 3.68. The first-order valence-electron chi connectivity index (χ1n) is 5.92. The zero-order chi connectivity index (χ0) is 11.2. The van der Waals surface area contributed by atoms with Gasteiger partial charge in [0.2, 0.25) is 0 Å². The van der Waals surface area contributed by atoms with Crippen LogP contribution in [-0.2, 0) is 0 Å². The highest BCUT2D eigenvalue weighted by Gasteiger charge is 2.11. The monoisotopic (exact) mass is 237 g/mol. The second-order valence-corrected chi connectivity index (χ2v) is 5.37. The van der Waals surface area contributed by atoms with E-state index in [4.69, 9.17) is 5.73 Å².